The molecule has 5 rings (SSSR count). The van der Waals surface area contributed by atoms with E-state index in [1.165, 1.54) is 10.6 Å². The molecule has 0 bridgehead atoms. The molecular weight excluding hydrogens is 445 g/mol. The van der Waals surface area contributed by atoms with Gasteiger partial charge in [-0.2, -0.15) is 5.10 Å². The number of nitrogens with zero attached hydrogens (tertiary/aromatic N) is 5. The van der Waals surface area contributed by atoms with Gasteiger partial charge >= 0.3 is 0 Å². The monoisotopic (exact) mass is 467 g/mol. The van der Waals surface area contributed by atoms with E-state index in [9.17, 15) is 4.79 Å². The van der Waals surface area contributed by atoms with E-state index in [1.54, 1.807) is 37.0 Å². The minimum atomic E-state index is -0.490. The maximum Gasteiger partial charge on any atom is 0.261 e. The quantitative estimate of drug-likeness (QED) is 0.455. The lowest BCUT2D eigenvalue weighted by atomic mass is 9.97. The van der Waals surface area contributed by atoms with Gasteiger partial charge in [0.25, 0.3) is 5.56 Å². The van der Waals surface area contributed by atoms with E-state index in [0.717, 1.165) is 11.3 Å². The van der Waals surface area contributed by atoms with Crippen LogP contribution in [0.3, 0.4) is 0 Å². The third-order valence-electron chi connectivity index (χ3n) is 6.15. The number of hydrogen-bond acceptors (Lipinski definition) is 5. The number of anilines is 1. The third-order valence-corrected chi connectivity index (χ3v) is 6.39. The molecule has 7 nitrogen and oxygen atoms in total. The molecule has 0 aliphatic carbocycles. The third kappa shape index (κ3) is 3.79. The Balaban J connectivity index is 1.72. The lowest BCUT2D eigenvalue weighted by Crippen LogP contribution is -2.38. The largest absolute Gasteiger partial charge is 0.370 e. The molecule has 33 heavy (non-hydrogen) atoms. The van der Waals surface area contributed by atoms with Gasteiger partial charge in [0.2, 0.25) is 0 Å². The highest BCUT2D eigenvalue weighted by Gasteiger charge is 2.27. The fourth-order valence-electron chi connectivity index (χ4n) is 4.36. The number of ether oxygens (including phenoxy) is 1. The maximum atomic E-state index is 15.2. The number of benzene rings is 2. The van der Waals surface area contributed by atoms with E-state index >= 15 is 4.39 Å². The molecular formula is C24H23ClFN5O2. The zero-order valence-electron chi connectivity index (χ0n) is 18.5. The molecule has 2 aromatic carbocycles. The van der Waals surface area contributed by atoms with Crippen LogP contribution in [0.15, 0.2) is 47.5 Å². The zero-order chi connectivity index (χ0) is 23.3. The Labute approximate surface area is 195 Å². The van der Waals surface area contributed by atoms with Crippen LogP contribution in [0.4, 0.5) is 10.1 Å². The molecule has 1 aliphatic heterocycles. The zero-order valence-corrected chi connectivity index (χ0v) is 19.3. The predicted molar refractivity (Wildman–Crippen MR) is 126 cm³/mol. The Morgan fingerprint density at radius 2 is 2.03 bits per heavy atom. The Bertz CT molecular complexity index is 1430. The fourth-order valence-corrected chi connectivity index (χ4v) is 4.52. The van der Waals surface area contributed by atoms with Crippen molar-refractivity contribution < 1.29 is 9.13 Å². The van der Waals surface area contributed by atoms with Crippen LogP contribution in [0.2, 0.25) is 5.02 Å². The molecule has 9 heteroatoms. The summed E-state index contributed by atoms with van der Waals surface area (Å²) in [6, 6.07) is 8.25. The molecule has 1 atom stereocenters. The minimum Gasteiger partial charge on any atom is -0.370 e. The SMILES string of the molecule is Cc1nc2ccc(N3CCOC(c4cnn(C)c4)C3)c(-c3ccc(Cl)cc3F)c2c(=O)n1C. The van der Waals surface area contributed by atoms with Gasteiger partial charge in [0.15, 0.2) is 0 Å². The number of hydrogen-bond donors (Lipinski definition) is 0. The molecule has 0 radical (unpaired) electrons. The first kappa shape index (κ1) is 21.6. The number of fused-ring (bicyclic) bond motifs is 1. The van der Waals surface area contributed by atoms with Crippen molar-refractivity contribution in [3.63, 3.8) is 0 Å². The van der Waals surface area contributed by atoms with Crippen molar-refractivity contribution in [2.45, 2.75) is 13.0 Å². The summed E-state index contributed by atoms with van der Waals surface area (Å²) in [6.45, 7) is 3.41. The topological polar surface area (TPSA) is 65.2 Å². The highest BCUT2D eigenvalue weighted by Crippen LogP contribution is 2.39. The van der Waals surface area contributed by atoms with Crippen molar-refractivity contribution in [3.05, 3.63) is 75.3 Å². The van der Waals surface area contributed by atoms with E-state index in [2.05, 4.69) is 15.0 Å². The Kier molecular flexibility index (Phi) is 5.42. The van der Waals surface area contributed by atoms with Crippen LogP contribution in [0.25, 0.3) is 22.0 Å². The van der Waals surface area contributed by atoms with E-state index < -0.39 is 5.82 Å². The standard InChI is InChI=1S/C24H23ClFN5O2/c1-14-28-19-6-7-20(31-8-9-33-21(13-31)15-11-27-29(2)12-15)22(23(19)24(32)30(14)3)17-5-4-16(25)10-18(17)26/h4-7,10-12,21H,8-9,13H2,1-3H3. The van der Waals surface area contributed by atoms with Crippen molar-refractivity contribution in [3.8, 4) is 11.1 Å². The van der Waals surface area contributed by atoms with Crippen LogP contribution in [-0.2, 0) is 18.8 Å². The van der Waals surface area contributed by atoms with E-state index in [0.29, 0.717) is 52.6 Å². The molecule has 1 fully saturated rings. The van der Waals surface area contributed by atoms with Crippen LogP contribution in [0.5, 0.6) is 0 Å². The second-order valence-corrected chi connectivity index (χ2v) is 8.69. The molecule has 1 unspecified atom stereocenters. The summed E-state index contributed by atoms with van der Waals surface area (Å²) in [6.07, 6.45) is 3.53. The summed E-state index contributed by atoms with van der Waals surface area (Å²) in [5, 5.41) is 4.92. The number of rotatable bonds is 3. The van der Waals surface area contributed by atoms with Crippen LogP contribution in [0.1, 0.15) is 17.5 Å². The van der Waals surface area contributed by atoms with E-state index in [4.69, 9.17) is 16.3 Å². The van der Waals surface area contributed by atoms with Crippen LogP contribution < -0.4 is 10.5 Å². The molecule has 4 aromatic rings. The molecule has 1 aliphatic rings. The van der Waals surface area contributed by atoms with Gasteiger partial charge in [0, 0.05) is 60.8 Å². The molecule has 1 saturated heterocycles. The average Bonchev–Trinajstić information content (AvgIpc) is 3.23. The molecule has 0 N–H and O–H groups in total. The van der Waals surface area contributed by atoms with Gasteiger partial charge in [0.1, 0.15) is 17.7 Å². The van der Waals surface area contributed by atoms with Gasteiger partial charge in [-0.25, -0.2) is 9.37 Å². The summed E-state index contributed by atoms with van der Waals surface area (Å²) >= 11 is 6.02. The van der Waals surface area contributed by atoms with E-state index in [-0.39, 0.29) is 11.7 Å². The first-order chi connectivity index (χ1) is 15.8. The van der Waals surface area contributed by atoms with Crippen molar-refractivity contribution >= 4 is 28.2 Å². The van der Waals surface area contributed by atoms with Gasteiger partial charge < -0.3 is 9.64 Å². The lowest BCUT2D eigenvalue weighted by Gasteiger charge is -2.35. The molecule has 0 saturated carbocycles. The molecule has 3 heterocycles. The molecule has 2 aromatic heterocycles. The van der Waals surface area contributed by atoms with E-state index in [1.807, 2.05) is 25.4 Å². The van der Waals surface area contributed by atoms with Crippen LogP contribution in [0, 0.1) is 12.7 Å². The number of halogens is 2. The van der Waals surface area contributed by atoms with Crippen LogP contribution in [-0.4, -0.2) is 39.0 Å². The van der Waals surface area contributed by atoms with Crippen molar-refractivity contribution in [1.29, 1.82) is 0 Å². The van der Waals surface area contributed by atoms with Crippen molar-refractivity contribution in [2.75, 3.05) is 24.6 Å². The second-order valence-electron chi connectivity index (χ2n) is 8.25. The summed E-state index contributed by atoms with van der Waals surface area (Å²) in [5.74, 6) is 0.0988. The summed E-state index contributed by atoms with van der Waals surface area (Å²) < 4.78 is 24.4. The van der Waals surface area contributed by atoms with Crippen molar-refractivity contribution in [1.82, 2.24) is 19.3 Å². The highest BCUT2D eigenvalue weighted by molar-refractivity contribution is 6.30. The lowest BCUT2D eigenvalue weighted by molar-refractivity contribution is 0.0398. The molecule has 170 valence electrons. The fraction of sp³-hybridized carbons (Fsp3) is 0.292. The average molecular weight is 468 g/mol. The Hall–Kier alpha value is -3.23. The van der Waals surface area contributed by atoms with Gasteiger partial charge in [-0.3, -0.25) is 14.0 Å². The number of aryl methyl sites for hydroxylation is 2. The Morgan fingerprint density at radius 1 is 1.21 bits per heavy atom. The van der Waals surface area contributed by atoms with Crippen LogP contribution >= 0.6 is 11.6 Å². The summed E-state index contributed by atoms with van der Waals surface area (Å²) in [7, 11) is 3.53. The minimum absolute atomic E-state index is 0.190. The van der Waals surface area contributed by atoms with Gasteiger partial charge in [0.05, 0.1) is 23.7 Å². The molecule has 0 spiro atoms. The summed E-state index contributed by atoms with van der Waals surface area (Å²) in [4.78, 5) is 20.1. The smallest absolute Gasteiger partial charge is 0.261 e. The number of aromatic nitrogens is 4. The molecule has 0 amide bonds. The highest BCUT2D eigenvalue weighted by atomic mass is 35.5. The predicted octanol–water partition coefficient (Wildman–Crippen LogP) is 4.01. The maximum absolute atomic E-state index is 15.2. The van der Waals surface area contributed by atoms with Gasteiger partial charge in [-0.05, 0) is 37.3 Å². The Morgan fingerprint density at radius 3 is 2.76 bits per heavy atom. The van der Waals surface area contributed by atoms with Crippen molar-refractivity contribution in [2.24, 2.45) is 14.1 Å². The second kappa shape index (κ2) is 8.28. The normalized spacial score (nSPS) is 16.5. The van der Waals surface area contributed by atoms with Gasteiger partial charge in [-0.1, -0.05) is 11.6 Å². The number of morpholine rings is 1. The first-order valence-corrected chi connectivity index (χ1v) is 11.0. The summed E-state index contributed by atoms with van der Waals surface area (Å²) in [5.41, 5.74) is 2.86. The first-order valence-electron chi connectivity index (χ1n) is 10.6. The van der Waals surface area contributed by atoms with Gasteiger partial charge in [-0.15, -0.1) is 0 Å².